The van der Waals surface area contributed by atoms with Gasteiger partial charge >= 0.3 is 0 Å². The highest BCUT2D eigenvalue weighted by molar-refractivity contribution is 7.22. The molecule has 1 amide bonds. The first-order valence-corrected chi connectivity index (χ1v) is 10.0. The molecule has 1 fully saturated rings. The molecular formula is C19H20ClN5OS. The standard InChI is InChI=1S/C19H20ClN5OS/c1-12(18(21)26)24-6-8-25(9-7-24)19-17-15(22-11-23-19)10-16(27-17)13-2-4-14(20)5-3-13/h2-5,10-12H,6-9H2,1H3,(H2,21,26). The van der Waals surface area contributed by atoms with Crippen molar-refractivity contribution in [2.24, 2.45) is 5.73 Å². The molecule has 1 atom stereocenters. The number of carbonyl (C=O) groups is 1. The predicted molar refractivity (Wildman–Crippen MR) is 110 cm³/mol. The van der Waals surface area contributed by atoms with Crippen molar-refractivity contribution in [3.05, 3.63) is 41.7 Å². The molecule has 0 radical (unpaired) electrons. The van der Waals surface area contributed by atoms with E-state index in [1.807, 2.05) is 31.2 Å². The van der Waals surface area contributed by atoms with E-state index in [0.29, 0.717) is 0 Å². The predicted octanol–water partition coefficient (Wildman–Crippen LogP) is 3.01. The minimum Gasteiger partial charge on any atom is -0.368 e. The number of aromatic nitrogens is 2. The zero-order valence-corrected chi connectivity index (χ0v) is 16.5. The molecule has 3 heterocycles. The maximum absolute atomic E-state index is 11.4. The molecule has 0 bridgehead atoms. The number of hydrogen-bond acceptors (Lipinski definition) is 6. The van der Waals surface area contributed by atoms with Crippen molar-refractivity contribution in [1.29, 1.82) is 0 Å². The van der Waals surface area contributed by atoms with Crippen LogP contribution in [0.25, 0.3) is 20.7 Å². The van der Waals surface area contributed by atoms with E-state index >= 15 is 0 Å². The first kappa shape index (κ1) is 18.2. The van der Waals surface area contributed by atoms with E-state index in [1.54, 1.807) is 17.7 Å². The number of amides is 1. The number of hydrogen-bond donors (Lipinski definition) is 1. The summed E-state index contributed by atoms with van der Waals surface area (Å²) in [7, 11) is 0. The van der Waals surface area contributed by atoms with E-state index in [2.05, 4.69) is 25.8 Å². The summed E-state index contributed by atoms with van der Waals surface area (Å²) in [5, 5.41) is 0.725. The quantitative estimate of drug-likeness (QED) is 0.727. The zero-order valence-electron chi connectivity index (χ0n) is 14.9. The summed E-state index contributed by atoms with van der Waals surface area (Å²) >= 11 is 7.69. The number of piperazine rings is 1. The van der Waals surface area contributed by atoms with Crippen molar-refractivity contribution in [1.82, 2.24) is 14.9 Å². The summed E-state index contributed by atoms with van der Waals surface area (Å²) in [5.74, 6) is 0.676. The van der Waals surface area contributed by atoms with Crippen molar-refractivity contribution < 1.29 is 4.79 Å². The van der Waals surface area contributed by atoms with Crippen LogP contribution < -0.4 is 10.6 Å². The van der Waals surface area contributed by atoms with Gasteiger partial charge in [0.2, 0.25) is 5.91 Å². The number of anilines is 1. The van der Waals surface area contributed by atoms with Gasteiger partial charge in [-0.1, -0.05) is 23.7 Å². The van der Waals surface area contributed by atoms with Gasteiger partial charge in [0.05, 0.1) is 16.3 Å². The van der Waals surface area contributed by atoms with Crippen LogP contribution in [0.3, 0.4) is 0 Å². The minimum atomic E-state index is -0.279. The van der Waals surface area contributed by atoms with Gasteiger partial charge in [-0.15, -0.1) is 11.3 Å². The first-order chi connectivity index (χ1) is 13.0. The lowest BCUT2D eigenvalue weighted by molar-refractivity contribution is -0.122. The Labute approximate surface area is 166 Å². The molecule has 0 spiro atoms. The van der Waals surface area contributed by atoms with Crippen molar-refractivity contribution in [3.63, 3.8) is 0 Å². The smallest absolute Gasteiger partial charge is 0.234 e. The number of thiophene rings is 1. The molecule has 6 nitrogen and oxygen atoms in total. The SMILES string of the molecule is CC(C(N)=O)N1CCN(c2ncnc3cc(-c4ccc(Cl)cc4)sc23)CC1. The Bertz CT molecular complexity index is 966. The largest absolute Gasteiger partial charge is 0.368 e. The molecule has 1 saturated heterocycles. The highest BCUT2D eigenvalue weighted by atomic mass is 35.5. The van der Waals surface area contributed by atoms with Gasteiger partial charge in [-0.3, -0.25) is 9.69 Å². The number of fused-ring (bicyclic) bond motifs is 1. The number of rotatable bonds is 4. The maximum Gasteiger partial charge on any atom is 0.234 e. The van der Waals surface area contributed by atoms with Gasteiger partial charge in [-0.25, -0.2) is 9.97 Å². The number of nitrogens with two attached hydrogens (primary N) is 1. The number of halogens is 1. The van der Waals surface area contributed by atoms with Crippen LogP contribution in [0.15, 0.2) is 36.7 Å². The van der Waals surface area contributed by atoms with Crippen LogP contribution in [0, 0.1) is 0 Å². The third-order valence-corrected chi connectivity index (χ3v) is 6.42. The second-order valence-corrected chi connectivity index (χ2v) is 8.12. The zero-order chi connectivity index (χ0) is 19.0. The Kier molecular flexibility index (Phi) is 4.99. The normalized spacial score (nSPS) is 16.6. The summed E-state index contributed by atoms with van der Waals surface area (Å²) in [5.41, 5.74) is 7.50. The molecule has 4 rings (SSSR count). The van der Waals surface area contributed by atoms with Crippen LogP contribution in [-0.2, 0) is 4.79 Å². The highest BCUT2D eigenvalue weighted by Crippen LogP contribution is 2.37. The van der Waals surface area contributed by atoms with Crippen molar-refractivity contribution >= 4 is 44.9 Å². The fourth-order valence-corrected chi connectivity index (χ4v) is 4.58. The molecule has 2 N–H and O–H groups in total. The molecule has 1 aromatic carbocycles. The molecule has 0 aliphatic carbocycles. The van der Waals surface area contributed by atoms with Crippen molar-refractivity contribution in [2.45, 2.75) is 13.0 Å². The molecule has 140 valence electrons. The molecule has 2 aromatic heterocycles. The second kappa shape index (κ2) is 7.42. The van der Waals surface area contributed by atoms with Gasteiger partial charge in [-0.05, 0) is 30.7 Å². The van der Waals surface area contributed by atoms with Crippen LogP contribution in [0.2, 0.25) is 5.02 Å². The average molecular weight is 402 g/mol. The lowest BCUT2D eigenvalue weighted by Crippen LogP contribution is -2.53. The summed E-state index contributed by atoms with van der Waals surface area (Å²) in [6, 6.07) is 9.68. The van der Waals surface area contributed by atoms with Crippen LogP contribution in [0.1, 0.15) is 6.92 Å². The van der Waals surface area contributed by atoms with Crippen molar-refractivity contribution in [3.8, 4) is 10.4 Å². The van der Waals surface area contributed by atoms with Gasteiger partial charge < -0.3 is 10.6 Å². The van der Waals surface area contributed by atoms with Crippen LogP contribution in [-0.4, -0.2) is 53.0 Å². The topological polar surface area (TPSA) is 75.4 Å². The summed E-state index contributed by atoms with van der Waals surface area (Å²) in [6.07, 6.45) is 1.62. The fraction of sp³-hybridized carbons (Fsp3) is 0.316. The van der Waals surface area contributed by atoms with Crippen LogP contribution in [0.4, 0.5) is 5.82 Å². The average Bonchev–Trinajstić information content (AvgIpc) is 3.12. The Morgan fingerprint density at radius 2 is 1.89 bits per heavy atom. The Balaban J connectivity index is 1.60. The third-order valence-electron chi connectivity index (χ3n) is 4.99. The van der Waals surface area contributed by atoms with Crippen molar-refractivity contribution in [2.75, 3.05) is 31.1 Å². The van der Waals surface area contributed by atoms with E-state index in [0.717, 1.165) is 57.7 Å². The lowest BCUT2D eigenvalue weighted by atomic mass is 10.2. The highest BCUT2D eigenvalue weighted by Gasteiger charge is 2.26. The van der Waals surface area contributed by atoms with E-state index in [4.69, 9.17) is 17.3 Å². The van der Waals surface area contributed by atoms with E-state index < -0.39 is 0 Å². The molecule has 1 aliphatic rings. The number of benzene rings is 1. The van der Waals surface area contributed by atoms with Gasteiger partial charge in [0.15, 0.2) is 0 Å². The van der Waals surface area contributed by atoms with Gasteiger partial charge in [-0.2, -0.15) is 0 Å². The third kappa shape index (κ3) is 3.63. The van der Waals surface area contributed by atoms with Crippen LogP contribution >= 0.6 is 22.9 Å². The van der Waals surface area contributed by atoms with Gasteiger partial charge in [0.1, 0.15) is 12.1 Å². The molecular weight excluding hydrogens is 382 g/mol. The number of nitrogens with zero attached hydrogens (tertiary/aromatic N) is 4. The molecule has 8 heteroatoms. The molecule has 1 aliphatic heterocycles. The fourth-order valence-electron chi connectivity index (χ4n) is 3.32. The maximum atomic E-state index is 11.4. The Hall–Kier alpha value is -2.22. The molecule has 0 saturated carbocycles. The second-order valence-electron chi connectivity index (χ2n) is 6.63. The molecule has 27 heavy (non-hydrogen) atoms. The minimum absolute atomic E-state index is 0.240. The van der Waals surface area contributed by atoms with Gasteiger partial charge in [0, 0.05) is 36.1 Å². The van der Waals surface area contributed by atoms with E-state index in [1.165, 1.54) is 0 Å². The Morgan fingerprint density at radius 1 is 1.19 bits per heavy atom. The molecule has 1 unspecified atom stereocenters. The number of carbonyl (C=O) groups excluding carboxylic acids is 1. The summed E-state index contributed by atoms with van der Waals surface area (Å²) in [6.45, 7) is 5.03. The number of primary amides is 1. The van der Waals surface area contributed by atoms with Crippen LogP contribution in [0.5, 0.6) is 0 Å². The summed E-state index contributed by atoms with van der Waals surface area (Å²) in [4.78, 5) is 25.9. The summed E-state index contributed by atoms with van der Waals surface area (Å²) < 4.78 is 1.08. The van der Waals surface area contributed by atoms with E-state index in [-0.39, 0.29) is 11.9 Å². The van der Waals surface area contributed by atoms with E-state index in [9.17, 15) is 4.79 Å². The monoisotopic (exact) mass is 401 g/mol. The lowest BCUT2D eigenvalue weighted by Gasteiger charge is -2.37. The van der Waals surface area contributed by atoms with Gasteiger partial charge in [0.25, 0.3) is 0 Å². The molecule has 3 aromatic rings. The first-order valence-electron chi connectivity index (χ1n) is 8.82. The Morgan fingerprint density at radius 3 is 2.56 bits per heavy atom.